The molecule has 0 spiro atoms. The Morgan fingerprint density at radius 1 is 1.05 bits per heavy atom. The van der Waals surface area contributed by atoms with Gasteiger partial charge in [0.05, 0.1) is 21.6 Å². The third-order valence-corrected chi connectivity index (χ3v) is 4.23. The fourth-order valence-corrected chi connectivity index (χ4v) is 2.84. The zero-order chi connectivity index (χ0) is 14.8. The number of hydrogen-bond donors (Lipinski definition) is 1. The second-order valence-electron chi connectivity index (χ2n) is 3.90. The van der Waals surface area contributed by atoms with Gasteiger partial charge in [0.15, 0.2) is 0 Å². The summed E-state index contributed by atoms with van der Waals surface area (Å²) in [5, 5.41) is 10.9. The van der Waals surface area contributed by atoms with Crippen LogP contribution >= 0.6 is 11.6 Å². The molecule has 0 amide bonds. The average molecular weight is 311 g/mol. The first kappa shape index (κ1) is 14.4. The van der Waals surface area contributed by atoms with Crippen LogP contribution in [-0.4, -0.2) is 14.4 Å². The minimum absolute atomic E-state index is 0.0672. The Kier molecular flexibility index (Phi) is 3.96. The Balaban J connectivity index is 2.31. The molecule has 0 aliphatic heterocycles. The molecule has 104 valence electrons. The van der Waals surface area contributed by atoms with E-state index in [9.17, 15) is 18.3 Å². The van der Waals surface area contributed by atoms with Crippen LogP contribution in [0.25, 0.3) is 0 Å². The standard InChI is InChI=1S/C13H10ClNO4S/c14-11-3-1-2-4-12(11)15-20(18,19)10-7-5-9(6-8-10)13(16)17/h1-8,15H,(H,16,17)/p-1. The number of nitrogens with one attached hydrogen (secondary N) is 1. The lowest BCUT2D eigenvalue weighted by Gasteiger charge is -2.10. The monoisotopic (exact) mass is 310 g/mol. The number of para-hydroxylation sites is 1. The maximum Gasteiger partial charge on any atom is 0.261 e. The van der Waals surface area contributed by atoms with Gasteiger partial charge in [0.1, 0.15) is 0 Å². The molecule has 0 aliphatic rings. The van der Waals surface area contributed by atoms with Crippen molar-refractivity contribution >= 4 is 33.3 Å². The van der Waals surface area contributed by atoms with Gasteiger partial charge in [0, 0.05) is 0 Å². The summed E-state index contributed by atoms with van der Waals surface area (Å²) in [6, 6.07) is 11.1. The number of aromatic carboxylic acids is 1. The van der Waals surface area contributed by atoms with Crippen LogP contribution in [0.1, 0.15) is 10.4 Å². The Labute approximate surface area is 120 Å². The van der Waals surface area contributed by atoms with Crippen LogP contribution in [0.4, 0.5) is 5.69 Å². The molecule has 0 unspecified atom stereocenters. The Morgan fingerprint density at radius 3 is 2.20 bits per heavy atom. The first-order chi connectivity index (χ1) is 9.40. The van der Waals surface area contributed by atoms with Crippen molar-refractivity contribution in [1.29, 1.82) is 0 Å². The van der Waals surface area contributed by atoms with Crippen LogP contribution in [0, 0.1) is 0 Å². The minimum Gasteiger partial charge on any atom is -0.545 e. The number of carbonyl (C=O) groups is 1. The smallest absolute Gasteiger partial charge is 0.261 e. The molecule has 5 nitrogen and oxygen atoms in total. The summed E-state index contributed by atoms with van der Waals surface area (Å²) in [7, 11) is -3.83. The first-order valence-electron chi connectivity index (χ1n) is 5.49. The van der Waals surface area contributed by atoms with Crippen molar-refractivity contribution in [1.82, 2.24) is 0 Å². The number of anilines is 1. The zero-order valence-electron chi connectivity index (χ0n) is 10.0. The van der Waals surface area contributed by atoms with E-state index in [1.165, 1.54) is 18.2 Å². The molecule has 20 heavy (non-hydrogen) atoms. The molecule has 0 fully saturated rings. The predicted octanol–water partition coefficient (Wildman–Crippen LogP) is 1.50. The second kappa shape index (κ2) is 5.52. The summed E-state index contributed by atoms with van der Waals surface area (Å²) in [5.74, 6) is -1.37. The molecule has 0 aromatic heterocycles. The second-order valence-corrected chi connectivity index (χ2v) is 5.99. The number of rotatable bonds is 4. The lowest BCUT2D eigenvalue weighted by Crippen LogP contribution is -2.22. The molecule has 1 N–H and O–H groups in total. The fourth-order valence-electron chi connectivity index (χ4n) is 1.52. The number of carboxylic acid groups (broad SMARTS) is 1. The third kappa shape index (κ3) is 3.09. The summed E-state index contributed by atoms with van der Waals surface area (Å²) in [6.07, 6.45) is 0. The summed E-state index contributed by atoms with van der Waals surface area (Å²) in [5.41, 5.74) is 0.153. The highest BCUT2D eigenvalue weighted by atomic mass is 35.5. The maximum atomic E-state index is 12.1. The molecule has 0 atom stereocenters. The van der Waals surface area contributed by atoms with Crippen molar-refractivity contribution in [2.24, 2.45) is 0 Å². The van der Waals surface area contributed by atoms with Gasteiger partial charge in [-0.25, -0.2) is 8.42 Å². The van der Waals surface area contributed by atoms with E-state index >= 15 is 0 Å². The van der Waals surface area contributed by atoms with E-state index in [0.717, 1.165) is 12.1 Å². The molecular weight excluding hydrogens is 302 g/mol. The van der Waals surface area contributed by atoms with Crippen LogP contribution in [0.3, 0.4) is 0 Å². The van der Waals surface area contributed by atoms with E-state index in [4.69, 9.17) is 11.6 Å². The van der Waals surface area contributed by atoms with Crippen molar-refractivity contribution in [2.75, 3.05) is 4.72 Å². The van der Waals surface area contributed by atoms with Gasteiger partial charge in [-0.1, -0.05) is 35.9 Å². The Hall–Kier alpha value is -2.05. The van der Waals surface area contributed by atoms with E-state index in [1.54, 1.807) is 18.2 Å². The number of carbonyl (C=O) groups excluding carboxylic acids is 1. The van der Waals surface area contributed by atoms with Gasteiger partial charge < -0.3 is 9.90 Å². The van der Waals surface area contributed by atoms with Crippen molar-refractivity contribution < 1.29 is 18.3 Å². The lowest BCUT2D eigenvalue weighted by atomic mass is 10.2. The molecule has 2 rings (SSSR count). The van der Waals surface area contributed by atoms with Gasteiger partial charge in [-0.05, 0) is 29.8 Å². The molecule has 2 aromatic carbocycles. The average Bonchev–Trinajstić information content (AvgIpc) is 2.41. The van der Waals surface area contributed by atoms with Crippen molar-refractivity contribution in [3.05, 3.63) is 59.1 Å². The SMILES string of the molecule is O=C([O-])c1ccc(S(=O)(=O)Nc2ccccc2Cl)cc1. The largest absolute Gasteiger partial charge is 0.545 e. The van der Waals surface area contributed by atoms with E-state index < -0.39 is 16.0 Å². The highest BCUT2D eigenvalue weighted by Crippen LogP contribution is 2.23. The van der Waals surface area contributed by atoms with Gasteiger partial charge in [0.2, 0.25) is 0 Å². The van der Waals surface area contributed by atoms with Gasteiger partial charge >= 0.3 is 0 Å². The quantitative estimate of drug-likeness (QED) is 0.927. The van der Waals surface area contributed by atoms with Gasteiger partial charge in [-0.15, -0.1) is 0 Å². The molecule has 0 bridgehead atoms. The summed E-state index contributed by atoms with van der Waals surface area (Å²) >= 11 is 5.87. The molecule has 0 saturated heterocycles. The number of sulfonamides is 1. The fraction of sp³-hybridized carbons (Fsp3) is 0. The predicted molar refractivity (Wildman–Crippen MR) is 73.0 cm³/mol. The van der Waals surface area contributed by atoms with Crippen molar-refractivity contribution in [2.45, 2.75) is 4.90 Å². The van der Waals surface area contributed by atoms with Crippen molar-refractivity contribution in [3.8, 4) is 0 Å². The van der Waals surface area contributed by atoms with E-state index in [1.807, 2.05) is 0 Å². The number of benzene rings is 2. The van der Waals surface area contributed by atoms with Crippen molar-refractivity contribution in [3.63, 3.8) is 0 Å². The zero-order valence-corrected chi connectivity index (χ0v) is 11.6. The van der Waals surface area contributed by atoms with E-state index in [2.05, 4.69) is 4.72 Å². The molecular formula is C13H9ClNO4S-. The molecule has 0 aliphatic carbocycles. The van der Waals surface area contributed by atoms with E-state index in [-0.39, 0.29) is 21.2 Å². The number of carboxylic acids is 1. The van der Waals surface area contributed by atoms with Gasteiger partial charge in [-0.3, -0.25) is 4.72 Å². The Bertz CT molecular complexity index is 741. The summed E-state index contributed by atoms with van der Waals surface area (Å²) in [6.45, 7) is 0. The molecule has 0 saturated carbocycles. The first-order valence-corrected chi connectivity index (χ1v) is 7.35. The van der Waals surface area contributed by atoms with Gasteiger partial charge in [0.25, 0.3) is 10.0 Å². The lowest BCUT2D eigenvalue weighted by molar-refractivity contribution is -0.255. The van der Waals surface area contributed by atoms with Crippen LogP contribution in [0.15, 0.2) is 53.4 Å². The maximum absolute atomic E-state index is 12.1. The Morgan fingerprint density at radius 2 is 1.65 bits per heavy atom. The molecule has 0 heterocycles. The number of halogens is 1. The molecule has 2 aromatic rings. The van der Waals surface area contributed by atoms with Gasteiger partial charge in [-0.2, -0.15) is 0 Å². The highest BCUT2D eigenvalue weighted by molar-refractivity contribution is 7.92. The topological polar surface area (TPSA) is 86.3 Å². The normalized spacial score (nSPS) is 11.1. The number of hydrogen-bond acceptors (Lipinski definition) is 4. The van der Waals surface area contributed by atoms with Crippen LogP contribution in [-0.2, 0) is 10.0 Å². The van der Waals surface area contributed by atoms with Crippen LogP contribution in [0.5, 0.6) is 0 Å². The summed E-state index contributed by atoms with van der Waals surface area (Å²) < 4.78 is 26.5. The summed E-state index contributed by atoms with van der Waals surface area (Å²) in [4.78, 5) is 10.5. The minimum atomic E-state index is -3.83. The van der Waals surface area contributed by atoms with E-state index in [0.29, 0.717) is 0 Å². The molecule has 7 heteroatoms. The third-order valence-electron chi connectivity index (χ3n) is 2.52. The van der Waals surface area contributed by atoms with Crippen LogP contribution < -0.4 is 9.83 Å². The van der Waals surface area contributed by atoms with Crippen LogP contribution in [0.2, 0.25) is 5.02 Å². The highest BCUT2D eigenvalue weighted by Gasteiger charge is 2.15. The molecule has 0 radical (unpaired) electrons.